The quantitative estimate of drug-likeness (QED) is 0.809. The molecule has 1 aliphatic carbocycles. The molecule has 0 aromatic heterocycles. The van der Waals surface area contributed by atoms with E-state index in [2.05, 4.69) is 5.32 Å². The molecule has 2 atom stereocenters. The summed E-state index contributed by atoms with van der Waals surface area (Å²) in [5, 5.41) is 11.7. The average Bonchev–Trinajstić information content (AvgIpc) is 3.35. The Kier molecular flexibility index (Phi) is 4.83. The van der Waals surface area contributed by atoms with Crippen LogP contribution in [0.2, 0.25) is 0 Å². The first-order chi connectivity index (χ1) is 12.1. The van der Waals surface area contributed by atoms with E-state index in [9.17, 15) is 18.0 Å². The molecule has 8 heteroatoms. The molecule has 2 N–H and O–H groups in total. The second kappa shape index (κ2) is 6.66. The number of amides is 1. The van der Waals surface area contributed by atoms with Gasteiger partial charge in [0.05, 0.1) is 4.90 Å². The Labute approximate surface area is 153 Å². The second-order valence-corrected chi connectivity index (χ2v) is 9.57. The van der Waals surface area contributed by atoms with E-state index in [4.69, 9.17) is 5.11 Å². The molecule has 0 radical (unpaired) electrons. The van der Waals surface area contributed by atoms with Gasteiger partial charge in [-0.3, -0.25) is 4.79 Å². The Hall–Kier alpha value is -1.93. The van der Waals surface area contributed by atoms with Crippen molar-refractivity contribution in [1.82, 2.24) is 9.62 Å². The van der Waals surface area contributed by atoms with Crippen LogP contribution in [0.3, 0.4) is 0 Å². The van der Waals surface area contributed by atoms with Crippen molar-refractivity contribution < 1.29 is 23.1 Å². The fraction of sp³-hybridized carbons (Fsp3) is 0.556. The second-order valence-electron chi connectivity index (χ2n) is 7.63. The van der Waals surface area contributed by atoms with E-state index in [-0.39, 0.29) is 10.5 Å². The molecule has 7 nitrogen and oxygen atoms in total. The molecule has 142 valence electrons. The van der Waals surface area contributed by atoms with Gasteiger partial charge in [-0.15, -0.1) is 0 Å². The summed E-state index contributed by atoms with van der Waals surface area (Å²) in [6, 6.07) is 5.68. The number of benzene rings is 1. The van der Waals surface area contributed by atoms with E-state index in [1.165, 1.54) is 28.6 Å². The third-order valence-electron chi connectivity index (χ3n) is 5.10. The molecule has 2 unspecified atom stereocenters. The van der Waals surface area contributed by atoms with Crippen LogP contribution in [0.5, 0.6) is 0 Å². The lowest BCUT2D eigenvalue weighted by atomic mass is 9.94. The van der Waals surface area contributed by atoms with Crippen LogP contribution in [-0.4, -0.2) is 48.3 Å². The predicted octanol–water partition coefficient (Wildman–Crippen LogP) is 1.70. The highest BCUT2D eigenvalue weighted by Gasteiger charge is 2.51. The lowest BCUT2D eigenvalue weighted by Gasteiger charge is -2.34. The summed E-state index contributed by atoms with van der Waals surface area (Å²) < 4.78 is 27.2. The summed E-state index contributed by atoms with van der Waals surface area (Å²) in [6.07, 6.45) is 1.83. The van der Waals surface area contributed by atoms with Gasteiger partial charge in [0, 0.05) is 18.7 Å². The van der Waals surface area contributed by atoms with Crippen LogP contribution >= 0.6 is 0 Å². The molecule has 26 heavy (non-hydrogen) atoms. The standard InChI is InChI=1S/C18H24N2O5S/c1-12-9-13(2)11-20(10-12)26(24,25)15-5-3-14(4-6-15)16(21)19-18(7-8-18)17(22)23/h3-6,12-13H,7-11H2,1-2H3,(H,19,21)(H,22,23). The number of aliphatic carboxylic acids is 1. The van der Waals surface area contributed by atoms with Gasteiger partial charge in [0.25, 0.3) is 5.91 Å². The fourth-order valence-electron chi connectivity index (χ4n) is 3.54. The minimum Gasteiger partial charge on any atom is -0.480 e. The molecule has 1 aromatic rings. The molecule has 3 rings (SSSR count). The van der Waals surface area contributed by atoms with Gasteiger partial charge in [-0.05, 0) is 55.4 Å². The Bertz CT molecular complexity index is 804. The minimum absolute atomic E-state index is 0.148. The molecule has 1 amide bonds. The van der Waals surface area contributed by atoms with Crippen molar-refractivity contribution in [1.29, 1.82) is 0 Å². The van der Waals surface area contributed by atoms with E-state index in [1.54, 1.807) is 0 Å². The van der Waals surface area contributed by atoms with Gasteiger partial charge in [-0.25, -0.2) is 13.2 Å². The number of nitrogens with one attached hydrogen (secondary N) is 1. The highest BCUT2D eigenvalue weighted by Crippen LogP contribution is 2.35. The van der Waals surface area contributed by atoms with Gasteiger partial charge in [0.1, 0.15) is 5.54 Å². The van der Waals surface area contributed by atoms with Crippen LogP contribution in [0.4, 0.5) is 0 Å². The monoisotopic (exact) mass is 380 g/mol. The molecule has 1 saturated carbocycles. The van der Waals surface area contributed by atoms with E-state index < -0.39 is 27.4 Å². The average molecular weight is 380 g/mol. The maximum absolute atomic E-state index is 12.8. The van der Waals surface area contributed by atoms with Crippen LogP contribution < -0.4 is 5.32 Å². The van der Waals surface area contributed by atoms with Gasteiger partial charge < -0.3 is 10.4 Å². The van der Waals surface area contributed by atoms with Crippen molar-refractivity contribution in [3.63, 3.8) is 0 Å². The largest absolute Gasteiger partial charge is 0.480 e. The SMILES string of the molecule is CC1CC(C)CN(S(=O)(=O)c2ccc(C(=O)NC3(C(=O)O)CC3)cc2)C1. The number of rotatable bonds is 5. The van der Waals surface area contributed by atoms with E-state index in [0.717, 1.165) is 6.42 Å². The Balaban J connectivity index is 1.74. The number of carbonyl (C=O) groups is 2. The number of carbonyl (C=O) groups excluding carboxylic acids is 1. The molecule has 0 spiro atoms. The zero-order valence-electron chi connectivity index (χ0n) is 14.9. The Morgan fingerprint density at radius 3 is 2.12 bits per heavy atom. The van der Waals surface area contributed by atoms with Gasteiger partial charge in [0.2, 0.25) is 10.0 Å². The summed E-state index contributed by atoms with van der Waals surface area (Å²) in [5.74, 6) is -0.930. The Morgan fingerprint density at radius 2 is 1.65 bits per heavy atom. The smallest absolute Gasteiger partial charge is 0.329 e. The zero-order chi connectivity index (χ0) is 19.1. The zero-order valence-corrected chi connectivity index (χ0v) is 15.8. The maximum atomic E-state index is 12.8. The normalized spacial score (nSPS) is 25.5. The van der Waals surface area contributed by atoms with Crippen molar-refractivity contribution >= 4 is 21.9 Å². The molecule has 2 fully saturated rings. The van der Waals surface area contributed by atoms with Gasteiger partial charge in [-0.2, -0.15) is 4.31 Å². The molecule has 2 aliphatic rings. The number of nitrogens with zero attached hydrogens (tertiary/aromatic N) is 1. The highest BCUT2D eigenvalue weighted by atomic mass is 32.2. The molecule has 1 aromatic carbocycles. The van der Waals surface area contributed by atoms with Crippen molar-refractivity contribution in [3.05, 3.63) is 29.8 Å². The molecular weight excluding hydrogens is 356 g/mol. The van der Waals surface area contributed by atoms with Crippen molar-refractivity contribution in [2.45, 2.75) is 43.5 Å². The number of hydrogen-bond acceptors (Lipinski definition) is 4. The first-order valence-corrected chi connectivity index (χ1v) is 10.2. The number of sulfonamides is 1. The lowest BCUT2D eigenvalue weighted by Crippen LogP contribution is -2.43. The topological polar surface area (TPSA) is 104 Å². The van der Waals surface area contributed by atoms with Crippen LogP contribution in [0.25, 0.3) is 0 Å². The van der Waals surface area contributed by atoms with Crippen molar-refractivity contribution in [3.8, 4) is 0 Å². The van der Waals surface area contributed by atoms with Gasteiger partial charge in [0.15, 0.2) is 0 Å². The van der Waals surface area contributed by atoms with E-state index in [1.807, 2.05) is 13.8 Å². The van der Waals surface area contributed by atoms with E-state index >= 15 is 0 Å². The van der Waals surface area contributed by atoms with Gasteiger partial charge in [-0.1, -0.05) is 13.8 Å². The molecular formula is C18H24N2O5S. The third kappa shape index (κ3) is 3.61. The van der Waals surface area contributed by atoms with Crippen LogP contribution in [0.1, 0.15) is 43.5 Å². The summed E-state index contributed by atoms with van der Waals surface area (Å²) >= 11 is 0. The highest BCUT2D eigenvalue weighted by molar-refractivity contribution is 7.89. The summed E-state index contributed by atoms with van der Waals surface area (Å²) in [4.78, 5) is 23.5. The van der Waals surface area contributed by atoms with Gasteiger partial charge >= 0.3 is 5.97 Å². The first-order valence-electron chi connectivity index (χ1n) is 8.80. The number of carboxylic acid groups (broad SMARTS) is 1. The summed E-state index contributed by atoms with van der Waals surface area (Å²) in [5.41, 5.74) is -0.918. The number of hydrogen-bond donors (Lipinski definition) is 2. The van der Waals surface area contributed by atoms with Crippen LogP contribution in [0, 0.1) is 11.8 Å². The summed E-state index contributed by atoms with van der Waals surface area (Å²) in [7, 11) is -3.60. The fourth-order valence-corrected chi connectivity index (χ4v) is 5.22. The third-order valence-corrected chi connectivity index (χ3v) is 6.95. The lowest BCUT2D eigenvalue weighted by molar-refractivity contribution is -0.140. The number of piperidine rings is 1. The Morgan fingerprint density at radius 1 is 1.12 bits per heavy atom. The minimum atomic E-state index is -3.60. The predicted molar refractivity (Wildman–Crippen MR) is 95.2 cm³/mol. The molecule has 1 heterocycles. The first kappa shape index (κ1) is 18.8. The maximum Gasteiger partial charge on any atom is 0.329 e. The van der Waals surface area contributed by atoms with E-state index in [0.29, 0.717) is 37.8 Å². The number of carboxylic acids is 1. The van der Waals surface area contributed by atoms with Crippen LogP contribution in [-0.2, 0) is 14.8 Å². The molecule has 1 aliphatic heterocycles. The van der Waals surface area contributed by atoms with Crippen LogP contribution in [0.15, 0.2) is 29.2 Å². The summed E-state index contributed by atoms with van der Waals surface area (Å²) in [6.45, 7) is 5.08. The van der Waals surface area contributed by atoms with Crippen molar-refractivity contribution in [2.24, 2.45) is 11.8 Å². The molecule has 0 bridgehead atoms. The molecule has 1 saturated heterocycles. The van der Waals surface area contributed by atoms with Crippen molar-refractivity contribution in [2.75, 3.05) is 13.1 Å².